The maximum atomic E-state index is 13.4. The predicted octanol–water partition coefficient (Wildman–Crippen LogP) is 3.38. The van der Waals surface area contributed by atoms with Gasteiger partial charge < -0.3 is 5.32 Å². The van der Waals surface area contributed by atoms with Gasteiger partial charge in [-0.1, -0.05) is 12.1 Å². The van der Waals surface area contributed by atoms with Crippen LogP contribution in [-0.2, 0) is 0 Å². The number of aryl methyl sites for hydroxylation is 1. The van der Waals surface area contributed by atoms with Gasteiger partial charge >= 0.3 is 0 Å². The monoisotopic (exact) mass is 395 g/mol. The highest BCUT2D eigenvalue weighted by molar-refractivity contribution is 7.13. The number of anilines is 1. The zero-order valence-corrected chi connectivity index (χ0v) is 15.5. The summed E-state index contributed by atoms with van der Waals surface area (Å²) in [4.78, 5) is 32.2. The maximum absolute atomic E-state index is 13.4. The van der Waals surface area contributed by atoms with Crippen LogP contribution in [0.1, 0.15) is 16.1 Å². The second-order valence-corrected chi connectivity index (χ2v) is 6.93. The molecule has 0 aliphatic rings. The zero-order chi connectivity index (χ0) is 19.7. The van der Waals surface area contributed by atoms with Gasteiger partial charge in [-0.05, 0) is 36.6 Å². The Bertz CT molecular complexity index is 1210. The number of carbonyl (C=O) groups is 1. The largest absolute Gasteiger partial charge is 0.306 e. The molecule has 0 spiro atoms. The van der Waals surface area contributed by atoms with Crippen LogP contribution in [0.3, 0.4) is 0 Å². The number of carbonyl (C=O) groups excluding carboxylic acids is 1. The quantitative estimate of drug-likeness (QED) is 0.554. The minimum absolute atomic E-state index is 0.163. The van der Waals surface area contributed by atoms with Crippen molar-refractivity contribution in [2.75, 3.05) is 5.32 Å². The topological polar surface area (TPSA) is 92.7 Å². The average Bonchev–Trinajstić information content (AvgIpc) is 3.30. The Morgan fingerprint density at radius 2 is 2.07 bits per heavy atom. The molecule has 140 valence electrons. The summed E-state index contributed by atoms with van der Waals surface area (Å²) in [6, 6.07) is 12.2. The van der Waals surface area contributed by atoms with Gasteiger partial charge in [0.05, 0.1) is 4.88 Å². The van der Waals surface area contributed by atoms with Gasteiger partial charge in [-0.15, -0.1) is 11.3 Å². The summed E-state index contributed by atoms with van der Waals surface area (Å²) in [5, 5.41) is 9.10. The van der Waals surface area contributed by atoms with Crippen LogP contribution in [0.4, 0.5) is 10.2 Å². The van der Waals surface area contributed by atoms with E-state index in [9.17, 15) is 14.0 Å². The molecule has 28 heavy (non-hydrogen) atoms. The average molecular weight is 395 g/mol. The van der Waals surface area contributed by atoms with E-state index in [1.807, 2.05) is 17.5 Å². The van der Waals surface area contributed by atoms with Crippen molar-refractivity contribution in [3.63, 3.8) is 0 Å². The standard InChI is InChI=1S/C19H14FN5O2S/c1-11-8-17(26)23-19(21-11)25-16(10-14(24-25)15-6-3-7-28-15)22-18(27)12-4-2-5-13(20)9-12/h2-10H,1H3,(H,22,27)(H,21,23,26). The molecule has 0 atom stereocenters. The SMILES string of the molecule is Cc1cc(=O)[nH]c(-n2nc(-c3cccs3)cc2NC(=O)c2cccc(F)c2)n1. The van der Waals surface area contributed by atoms with Crippen molar-refractivity contribution in [1.29, 1.82) is 0 Å². The summed E-state index contributed by atoms with van der Waals surface area (Å²) in [5.74, 6) is -0.549. The number of aromatic amines is 1. The van der Waals surface area contributed by atoms with Gasteiger partial charge in [0.1, 0.15) is 17.3 Å². The molecule has 3 aromatic heterocycles. The van der Waals surface area contributed by atoms with Crippen molar-refractivity contribution in [2.24, 2.45) is 0 Å². The fourth-order valence-corrected chi connectivity index (χ4v) is 3.34. The van der Waals surface area contributed by atoms with Crippen molar-refractivity contribution in [1.82, 2.24) is 19.7 Å². The van der Waals surface area contributed by atoms with Crippen LogP contribution in [0.25, 0.3) is 16.5 Å². The highest BCUT2D eigenvalue weighted by atomic mass is 32.1. The van der Waals surface area contributed by atoms with Crippen molar-refractivity contribution >= 4 is 23.1 Å². The number of hydrogen-bond donors (Lipinski definition) is 2. The summed E-state index contributed by atoms with van der Waals surface area (Å²) in [7, 11) is 0. The fraction of sp³-hybridized carbons (Fsp3) is 0.0526. The third-order valence-corrected chi connectivity index (χ3v) is 4.76. The van der Waals surface area contributed by atoms with Crippen LogP contribution in [0.2, 0.25) is 0 Å². The number of hydrogen-bond acceptors (Lipinski definition) is 5. The molecular weight excluding hydrogens is 381 g/mol. The first-order valence-corrected chi connectivity index (χ1v) is 9.17. The van der Waals surface area contributed by atoms with Crippen molar-refractivity contribution < 1.29 is 9.18 Å². The molecule has 0 aliphatic heterocycles. The smallest absolute Gasteiger partial charge is 0.256 e. The van der Waals surface area contributed by atoms with E-state index in [2.05, 4.69) is 20.4 Å². The third kappa shape index (κ3) is 3.60. The number of nitrogens with one attached hydrogen (secondary N) is 2. The molecule has 9 heteroatoms. The molecule has 0 saturated carbocycles. The first kappa shape index (κ1) is 17.8. The van der Waals surface area contributed by atoms with Gasteiger partial charge in [0.15, 0.2) is 0 Å². The molecule has 2 N–H and O–H groups in total. The lowest BCUT2D eigenvalue weighted by Gasteiger charge is -2.08. The first-order valence-electron chi connectivity index (χ1n) is 8.29. The van der Waals surface area contributed by atoms with E-state index < -0.39 is 11.7 Å². The van der Waals surface area contributed by atoms with Gasteiger partial charge in [-0.3, -0.25) is 14.6 Å². The van der Waals surface area contributed by atoms with E-state index in [0.29, 0.717) is 17.2 Å². The number of aromatic nitrogens is 4. The number of thiophene rings is 1. The Morgan fingerprint density at radius 3 is 2.79 bits per heavy atom. The maximum Gasteiger partial charge on any atom is 0.256 e. The van der Waals surface area contributed by atoms with E-state index in [0.717, 1.165) is 10.9 Å². The Labute approximate surface area is 162 Å². The highest BCUT2D eigenvalue weighted by Crippen LogP contribution is 2.27. The Balaban J connectivity index is 1.78. The lowest BCUT2D eigenvalue weighted by Crippen LogP contribution is -2.19. The molecule has 1 amide bonds. The molecule has 0 radical (unpaired) electrons. The van der Waals surface area contributed by atoms with Crippen molar-refractivity contribution in [3.8, 4) is 16.5 Å². The lowest BCUT2D eigenvalue weighted by molar-refractivity contribution is 0.102. The molecule has 0 bridgehead atoms. The molecule has 0 unspecified atom stereocenters. The summed E-state index contributed by atoms with van der Waals surface area (Å²) < 4.78 is 14.8. The number of H-pyrrole nitrogens is 1. The van der Waals surface area contributed by atoms with E-state index in [4.69, 9.17) is 0 Å². The van der Waals surface area contributed by atoms with E-state index in [1.165, 1.54) is 40.3 Å². The van der Waals surface area contributed by atoms with Crippen LogP contribution >= 0.6 is 11.3 Å². The molecule has 0 aliphatic carbocycles. The van der Waals surface area contributed by atoms with Gasteiger partial charge in [0, 0.05) is 23.4 Å². The third-order valence-electron chi connectivity index (χ3n) is 3.87. The van der Waals surface area contributed by atoms with Gasteiger partial charge in [-0.25, -0.2) is 9.37 Å². The Morgan fingerprint density at radius 1 is 1.21 bits per heavy atom. The van der Waals surface area contributed by atoms with Crippen LogP contribution in [0, 0.1) is 12.7 Å². The summed E-state index contributed by atoms with van der Waals surface area (Å²) in [6.45, 7) is 1.69. The molecule has 4 aromatic rings. The fourth-order valence-electron chi connectivity index (χ4n) is 2.66. The number of rotatable bonds is 4. The second kappa shape index (κ2) is 7.20. The number of benzene rings is 1. The van der Waals surface area contributed by atoms with Crippen LogP contribution in [-0.4, -0.2) is 25.7 Å². The summed E-state index contributed by atoms with van der Waals surface area (Å²) >= 11 is 1.49. The zero-order valence-electron chi connectivity index (χ0n) is 14.6. The van der Waals surface area contributed by atoms with Crippen molar-refractivity contribution in [3.05, 3.63) is 81.3 Å². The molecule has 1 aromatic carbocycles. The summed E-state index contributed by atoms with van der Waals surface area (Å²) in [6.07, 6.45) is 0. The van der Waals surface area contributed by atoms with E-state index in [1.54, 1.807) is 13.0 Å². The molecule has 7 nitrogen and oxygen atoms in total. The van der Waals surface area contributed by atoms with Crippen LogP contribution < -0.4 is 10.9 Å². The highest BCUT2D eigenvalue weighted by Gasteiger charge is 2.17. The molecule has 4 rings (SSSR count). The van der Waals surface area contributed by atoms with Crippen LogP contribution in [0.5, 0.6) is 0 Å². The first-order chi connectivity index (χ1) is 13.5. The van der Waals surface area contributed by atoms with Gasteiger partial charge in [0.2, 0.25) is 5.95 Å². The molecule has 3 heterocycles. The molecule has 0 saturated heterocycles. The second-order valence-electron chi connectivity index (χ2n) is 5.98. The lowest BCUT2D eigenvalue weighted by atomic mass is 10.2. The van der Waals surface area contributed by atoms with Gasteiger partial charge in [0.25, 0.3) is 11.5 Å². The Kier molecular flexibility index (Phi) is 4.58. The van der Waals surface area contributed by atoms with E-state index in [-0.39, 0.29) is 17.1 Å². The number of halogens is 1. The molecule has 0 fully saturated rings. The predicted molar refractivity (Wildman–Crippen MR) is 104 cm³/mol. The number of amides is 1. The van der Waals surface area contributed by atoms with Crippen LogP contribution in [0.15, 0.2) is 58.7 Å². The number of nitrogens with zero attached hydrogens (tertiary/aromatic N) is 3. The minimum atomic E-state index is -0.509. The van der Waals surface area contributed by atoms with Crippen molar-refractivity contribution in [2.45, 2.75) is 6.92 Å². The normalized spacial score (nSPS) is 10.8. The molecular formula is C19H14FN5O2S. The van der Waals surface area contributed by atoms with E-state index >= 15 is 0 Å². The minimum Gasteiger partial charge on any atom is -0.306 e. The summed E-state index contributed by atoms with van der Waals surface area (Å²) in [5.41, 5.74) is 0.942. The Hall–Kier alpha value is -3.59. The van der Waals surface area contributed by atoms with Gasteiger partial charge in [-0.2, -0.15) is 9.78 Å².